The van der Waals surface area contributed by atoms with Crippen LogP contribution < -0.4 is 10.5 Å². The van der Waals surface area contributed by atoms with E-state index in [1.54, 1.807) is 19.1 Å². The van der Waals surface area contributed by atoms with Gasteiger partial charge in [-0.1, -0.05) is 13.8 Å². The maximum atomic E-state index is 11.9. The molecule has 118 valence electrons. The number of benzene rings is 1. The smallest absolute Gasteiger partial charge is 0.336 e. The number of quaternary nitrogens is 1. The number of aromatic hydroxyl groups is 1. The van der Waals surface area contributed by atoms with Gasteiger partial charge in [-0.05, 0) is 25.5 Å². The lowest BCUT2D eigenvalue weighted by atomic mass is 9.91. The number of rotatable bonds is 2. The molecule has 0 radical (unpaired) electrons. The lowest BCUT2D eigenvalue weighted by molar-refractivity contribution is -0.925. The Morgan fingerprint density at radius 3 is 2.64 bits per heavy atom. The molecule has 0 spiro atoms. The lowest BCUT2D eigenvalue weighted by Gasteiger charge is -2.32. The Labute approximate surface area is 130 Å². The first-order valence-electron chi connectivity index (χ1n) is 8.03. The Hall–Kier alpha value is -1.81. The van der Waals surface area contributed by atoms with Crippen LogP contribution in [0.15, 0.2) is 27.4 Å². The molecule has 4 heteroatoms. The molecule has 2 atom stereocenters. The Morgan fingerprint density at radius 1 is 1.27 bits per heavy atom. The van der Waals surface area contributed by atoms with Gasteiger partial charge in [0.25, 0.3) is 0 Å². The molecule has 0 bridgehead atoms. The van der Waals surface area contributed by atoms with Crippen LogP contribution in [0.5, 0.6) is 5.75 Å². The van der Waals surface area contributed by atoms with E-state index in [-0.39, 0.29) is 11.4 Å². The van der Waals surface area contributed by atoms with Gasteiger partial charge in [0.1, 0.15) is 17.9 Å². The number of aryl methyl sites for hydroxylation is 1. The van der Waals surface area contributed by atoms with Crippen molar-refractivity contribution in [2.45, 2.75) is 33.7 Å². The molecule has 4 nitrogen and oxygen atoms in total. The summed E-state index contributed by atoms with van der Waals surface area (Å²) >= 11 is 0. The predicted octanol–water partition coefficient (Wildman–Crippen LogP) is 1.87. The van der Waals surface area contributed by atoms with E-state index in [4.69, 9.17) is 4.42 Å². The topological polar surface area (TPSA) is 54.9 Å². The van der Waals surface area contributed by atoms with Crippen LogP contribution in [0.25, 0.3) is 11.0 Å². The second kappa shape index (κ2) is 5.76. The fourth-order valence-corrected chi connectivity index (χ4v) is 3.90. The van der Waals surface area contributed by atoms with E-state index >= 15 is 0 Å². The molecule has 1 aromatic carbocycles. The van der Waals surface area contributed by atoms with Crippen LogP contribution in [0.4, 0.5) is 0 Å². The highest BCUT2D eigenvalue weighted by Crippen LogP contribution is 2.27. The minimum Gasteiger partial charge on any atom is -0.508 e. The largest absolute Gasteiger partial charge is 0.508 e. The van der Waals surface area contributed by atoms with Crippen LogP contribution >= 0.6 is 0 Å². The zero-order valence-corrected chi connectivity index (χ0v) is 13.5. The number of phenols is 1. The third kappa shape index (κ3) is 2.88. The van der Waals surface area contributed by atoms with E-state index in [2.05, 4.69) is 13.8 Å². The number of nitrogens with one attached hydrogen (secondary N) is 1. The van der Waals surface area contributed by atoms with E-state index in [9.17, 15) is 9.90 Å². The number of piperidine rings is 1. The van der Waals surface area contributed by atoms with Crippen molar-refractivity contribution >= 4 is 11.0 Å². The monoisotopic (exact) mass is 302 g/mol. The SMILES string of the molecule is Cc1c(O)ccc2c(C[NH+]3C[C@H](C)C[C@@H](C)C3)cc(=O)oc12. The van der Waals surface area contributed by atoms with Crippen LogP contribution in [0.3, 0.4) is 0 Å². The van der Waals surface area contributed by atoms with Crippen molar-refractivity contribution < 1.29 is 14.4 Å². The molecular weight excluding hydrogens is 278 g/mol. The molecule has 22 heavy (non-hydrogen) atoms. The number of phenolic OH excluding ortho intramolecular Hbond substituents is 1. The molecule has 0 amide bonds. The molecule has 1 aromatic heterocycles. The summed E-state index contributed by atoms with van der Waals surface area (Å²) in [5, 5.41) is 10.8. The van der Waals surface area contributed by atoms with Gasteiger partial charge in [-0.2, -0.15) is 0 Å². The molecular formula is C18H24NO3+. The standard InChI is InChI=1S/C18H23NO3/c1-11-6-12(2)9-19(8-11)10-14-7-17(21)22-18-13(3)16(20)5-4-15(14)18/h4-5,7,11-12,20H,6,8-10H2,1-3H3/p+1/t11-,12-/m1/s1. The summed E-state index contributed by atoms with van der Waals surface area (Å²) in [6.45, 7) is 9.50. The zero-order chi connectivity index (χ0) is 15.9. The molecule has 0 aliphatic carbocycles. The fourth-order valence-electron chi connectivity index (χ4n) is 3.90. The second-order valence-electron chi connectivity index (χ2n) is 6.96. The maximum absolute atomic E-state index is 11.9. The highest BCUT2D eigenvalue weighted by Gasteiger charge is 2.26. The maximum Gasteiger partial charge on any atom is 0.336 e. The van der Waals surface area contributed by atoms with Gasteiger partial charge >= 0.3 is 5.63 Å². The summed E-state index contributed by atoms with van der Waals surface area (Å²) in [5.74, 6) is 1.60. The lowest BCUT2D eigenvalue weighted by Crippen LogP contribution is -3.13. The molecule has 1 aliphatic rings. The molecule has 1 saturated heterocycles. The number of fused-ring (bicyclic) bond motifs is 1. The molecule has 2 aromatic rings. The van der Waals surface area contributed by atoms with Crippen LogP contribution in [-0.2, 0) is 6.54 Å². The second-order valence-corrected chi connectivity index (χ2v) is 6.96. The van der Waals surface area contributed by atoms with Gasteiger partial charge in [0, 0.05) is 34.4 Å². The minimum atomic E-state index is -0.339. The third-order valence-corrected chi connectivity index (χ3v) is 4.74. The van der Waals surface area contributed by atoms with Gasteiger partial charge in [-0.25, -0.2) is 4.79 Å². The summed E-state index contributed by atoms with van der Waals surface area (Å²) in [5.41, 5.74) is 1.83. The van der Waals surface area contributed by atoms with E-state index in [1.165, 1.54) is 11.3 Å². The zero-order valence-electron chi connectivity index (χ0n) is 13.5. The molecule has 2 heterocycles. The van der Waals surface area contributed by atoms with Crippen LogP contribution in [0.2, 0.25) is 0 Å². The highest BCUT2D eigenvalue weighted by atomic mass is 16.4. The average Bonchev–Trinajstić information content (AvgIpc) is 2.42. The molecule has 1 aliphatic heterocycles. The number of likely N-dealkylation sites (tertiary alicyclic amines) is 1. The van der Waals surface area contributed by atoms with Crippen LogP contribution in [0, 0.1) is 18.8 Å². The Kier molecular flexibility index (Phi) is 3.96. The van der Waals surface area contributed by atoms with Crippen molar-refractivity contribution in [1.82, 2.24) is 0 Å². The summed E-state index contributed by atoms with van der Waals surface area (Å²) in [6.07, 6.45) is 1.29. The van der Waals surface area contributed by atoms with Crippen molar-refractivity contribution in [1.29, 1.82) is 0 Å². The van der Waals surface area contributed by atoms with Crippen LogP contribution in [-0.4, -0.2) is 18.2 Å². The van der Waals surface area contributed by atoms with Crippen molar-refractivity contribution in [2.24, 2.45) is 11.8 Å². The summed E-state index contributed by atoms with van der Waals surface area (Å²) in [4.78, 5) is 13.4. The highest BCUT2D eigenvalue weighted by molar-refractivity contribution is 5.84. The van der Waals surface area contributed by atoms with E-state index in [0.29, 0.717) is 11.1 Å². The molecule has 1 fully saturated rings. The predicted molar refractivity (Wildman–Crippen MR) is 86.2 cm³/mol. The summed E-state index contributed by atoms with van der Waals surface area (Å²) in [7, 11) is 0. The molecule has 2 N–H and O–H groups in total. The van der Waals surface area contributed by atoms with E-state index in [1.807, 2.05) is 6.07 Å². The normalized spacial score (nSPS) is 25.5. The number of hydrogen-bond acceptors (Lipinski definition) is 3. The van der Waals surface area contributed by atoms with Crippen molar-refractivity contribution in [2.75, 3.05) is 13.1 Å². The first-order valence-corrected chi connectivity index (χ1v) is 8.03. The van der Waals surface area contributed by atoms with E-state index in [0.717, 1.165) is 42.4 Å². The van der Waals surface area contributed by atoms with Crippen molar-refractivity contribution in [3.63, 3.8) is 0 Å². The van der Waals surface area contributed by atoms with Gasteiger partial charge in [-0.15, -0.1) is 0 Å². The minimum absolute atomic E-state index is 0.167. The van der Waals surface area contributed by atoms with Gasteiger partial charge in [0.05, 0.1) is 13.1 Å². The van der Waals surface area contributed by atoms with Gasteiger partial charge in [0.15, 0.2) is 0 Å². The average molecular weight is 302 g/mol. The fraction of sp³-hybridized carbons (Fsp3) is 0.500. The Bertz CT molecular complexity index is 740. The molecule has 3 rings (SSSR count). The number of hydrogen-bond donors (Lipinski definition) is 2. The van der Waals surface area contributed by atoms with Gasteiger partial charge in [0.2, 0.25) is 0 Å². The molecule has 0 saturated carbocycles. The summed E-state index contributed by atoms with van der Waals surface area (Å²) < 4.78 is 5.32. The first kappa shape index (κ1) is 15.1. The Balaban J connectivity index is 2.00. The molecule has 0 unspecified atom stereocenters. The quantitative estimate of drug-likeness (QED) is 0.833. The van der Waals surface area contributed by atoms with Gasteiger partial charge in [-0.3, -0.25) is 0 Å². The van der Waals surface area contributed by atoms with E-state index < -0.39 is 0 Å². The van der Waals surface area contributed by atoms with Crippen LogP contribution in [0.1, 0.15) is 31.4 Å². The Morgan fingerprint density at radius 2 is 1.95 bits per heavy atom. The third-order valence-electron chi connectivity index (χ3n) is 4.74. The van der Waals surface area contributed by atoms with Crippen molar-refractivity contribution in [3.8, 4) is 5.75 Å². The summed E-state index contributed by atoms with van der Waals surface area (Å²) in [6, 6.07) is 5.14. The van der Waals surface area contributed by atoms with Gasteiger partial charge < -0.3 is 14.4 Å². The van der Waals surface area contributed by atoms with Crippen molar-refractivity contribution in [3.05, 3.63) is 39.7 Å². The first-order chi connectivity index (χ1) is 10.4.